The minimum Gasteiger partial charge on any atom is -0.457 e. The molecular formula is C76H70F6N4O10. The molecular weight excluding hydrogens is 1240 g/mol. The summed E-state index contributed by atoms with van der Waals surface area (Å²) in [5.74, 6) is -7.33. The van der Waals surface area contributed by atoms with Crippen molar-refractivity contribution in [3.63, 3.8) is 0 Å². The number of hydrogen-bond acceptors (Lipinski definition) is 10. The van der Waals surface area contributed by atoms with Crippen LogP contribution in [0, 0.1) is 55.4 Å². The van der Waals surface area contributed by atoms with E-state index < -0.39 is 84.8 Å². The van der Waals surface area contributed by atoms with E-state index in [9.17, 15) is 9.59 Å². The average molecular weight is 1310 g/mol. The van der Waals surface area contributed by atoms with Crippen molar-refractivity contribution in [2.45, 2.75) is 169 Å². The van der Waals surface area contributed by atoms with Gasteiger partial charge in [0.15, 0.2) is 0 Å². The number of rotatable bonds is 16. The fraction of sp³-hybridized carbons (Fsp3) is 0.342. The van der Waals surface area contributed by atoms with Crippen LogP contribution in [0.4, 0.5) is 26.3 Å². The second kappa shape index (κ2) is 24.8. The first-order valence-corrected chi connectivity index (χ1v) is 32.5. The van der Waals surface area contributed by atoms with Crippen LogP contribution in [-0.2, 0) is 9.59 Å². The van der Waals surface area contributed by atoms with Crippen LogP contribution >= 0.6 is 0 Å². The second-order valence-electron chi connectivity index (χ2n) is 26.6. The van der Waals surface area contributed by atoms with Crippen LogP contribution in [0.25, 0.3) is 43.1 Å². The van der Waals surface area contributed by atoms with Crippen LogP contribution in [0.5, 0.6) is 46.0 Å². The van der Waals surface area contributed by atoms with Crippen molar-refractivity contribution in [1.82, 2.24) is 20.4 Å². The molecule has 0 bridgehead atoms. The number of nitrogens with one attached hydrogen (secondary N) is 2. The number of halogens is 6. The maximum absolute atomic E-state index is 16.0. The van der Waals surface area contributed by atoms with Gasteiger partial charge in [-0.25, -0.2) is 0 Å². The van der Waals surface area contributed by atoms with E-state index in [2.05, 4.69) is 10.6 Å². The quantitative estimate of drug-likeness (QED) is 0.0411. The summed E-state index contributed by atoms with van der Waals surface area (Å²) in [5.41, 5.74) is 4.58. The van der Waals surface area contributed by atoms with Gasteiger partial charge in [-0.1, -0.05) is 62.8 Å². The smallest absolute Gasteiger partial charge is 0.391 e. The summed E-state index contributed by atoms with van der Waals surface area (Å²) in [6.07, 6.45) is -7.60. The van der Waals surface area contributed by atoms with Crippen LogP contribution in [0.1, 0.15) is 163 Å². The van der Waals surface area contributed by atoms with Gasteiger partial charge in [-0.05, 0) is 198 Å². The summed E-state index contributed by atoms with van der Waals surface area (Å²) in [6, 6.07) is 20.3. The molecule has 2 heterocycles. The molecule has 0 aromatic heterocycles. The first-order valence-electron chi connectivity index (χ1n) is 32.5. The molecule has 14 nitrogen and oxygen atoms in total. The standard InChI is InChI=1S/C76H70F6N4O10/c1-37-21-38(2)25-48(24-37)94-58-32-53-62-54(74(92)86(73(53)91)56(36-76(80,81)82)70(88)84-46-17-13-10-14-18-46)34-60(96-50-28-41(5)23-42(6)29-50)66-65-59(95-49-26-39(3)22-40(4)27-49)33-52-61-51(31-57(63(67(61)65)64(58)68(62)66)93-47-20-19-43(7)44(8)30-47)71(89)85(72(52)90)55(35-75(77,78)79)69(87)83-45-15-11-9-12-16-45/h19-34,45-46,55-56H,9-18,35-36H2,1-8H3,(H,83,87)(H,84,88). The highest BCUT2D eigenvalue weighted by molar-refractivity contribution is 6.45. The number of hydrogen-bond donors (Lipinski definition) is 2. The van der Waals surface area contributed by atoms with Crippen LogP contribution in [0.15, 0.2) is 97.1 Å². The highest BCUT2D eigenvalue weighted by atomic mass is 19.4. The van der Waals surface area contributed by atoms with Crippen molar-refractivity contribution in [3.05, 3.63) is 164 Å². The van der Waals surface area contributed by atoms with Crippen molar-refractivity contribution < 1.29 is 74.1 Å². The van der Waals surface area contributed by atoms with Crippen molar-refractivity contribution in [2.24, 2.45) is 0 Å². The SMILES string of the molecule is Cc1cc(C)cc(Oc2cc3c4c(cc(Oc5cc(C)cc(C)c5)c5c6c(Oc7ccc(C)c(C)c7)cc7c8c(cc(Oc9cc(C)cc(C)c9)c(c2c45)c86)C(=O)N(C(CC(F)(F)F)C(=O)NC2CCCCC2)C7=O)C(=O)N(C(CC(F)(F)F)C(=O)NC2CCCCC2)C3=O)c1. The van der Waals surface area contributed by atoms with E-state index in [1.54, 1.807) is 54.6 Å². The first kappa shape index (κ1) is 65.0. The number of aryl methyl sites for hydroxylation is 8. The lowest BCUT2D eigenvalue weighted by atomic mass is 9.80. The molecule has 2 atom stereocenters. The molecule has 2 aliphatic carbocycles. The van der Waals surface area contributed by atoms with E-state index >= 15 is 45.5 Å². The lowest BCUT2D eigenvalue weighted by Crippen LogP contribution is -2.56. The molecule has 0 spiro atoms. The third kappa shape index (κ3) is 12.4. The molecule has 496 valence electrons. The molecule has 4 aliphatic rings. The Labute approximate surface area is 549 Å². The van der Waals surface area contributed by atoms with Gasteiger partial charge >= 0.3 is 12.4 Å². The highest BCUT2D eigenvalue weighted by Crippen LogP contribution is 2.58. The summed E-state index contributed by atoms with van der Waals surface area (Å²) in [4.78, 5) is 94.0. The molecule has 2 fully saturated rings. The summed E-state index contributed by atoms with van der Waals surface area (Å²) in [5, 5.41) is 5.48. The third-order valence-corrected chi connectivity index (χ3v) is 18.9. The van der Waals surface area contributed by atoms with Crippen molar-refractivity contribution in [1.29, 1.82) is 0 Å². The molecule has 20 heteroatoms. The van der Waals surface area contributed by atoms with Gasteiger partial charge in [0.1, 0.15) is 58.1 Å². The predicted octanol–water partition coefficient (Wildman–Crippen LogP) is 18.1. The van der Waals surface area contributed by atoms with Crippen LogP contribution in [0.3, 0.4) is 0 Å². The summed E-state index contributed by atoms with van der Waals surface area (Å²) in [7, 11) is 0. The molecule has 2 unspecified atom stereocenters. The van der Waals surface area contributed by atoms with Crippen LogP contribution in [0.2, 0.25) is 0 Å². The zero-order valence-electron chi connectivity index (χ0n) is 54.3. The van der Waals surface area contributed by atoms with E-state index in [4.69, 9.17) is 18.9 Å². The van der Waals surface area contributed by atoms with Gasteiger partial charge in [-0.2, -0.15) is 26.3 Å². The average Bonchev–Trinajstić information content (AvgIpc) is 0.672. The maximum Gasteiger partial charge on any atom is 0.391 e. The lowest BCUT2D eigenvalue weighted by molar-refractivity contribution is -0.154. The van der Waals surface area contributed by atoms with Gasteiger partial charge < -0.3 is 29.6 Å². The fourth-order valence-electron chi connectivity index (χ4n) is 14.8. The lowest BCUT2D eigenvalue weighted by Gasteiger charge is -2.36. The van der Waals surface area contributed by atoms with Crippen LogP contribution < -0.4 is 29.6 Å². The van der Waals surface area contributed by atoms with Crippen LogP contribution in [-0.4, -0.2) is 81.8 Å². The molecule has 6 amide bonds. The Kier molecular flexibility index (Phi) is 16.8. The van der Waals surface area contributed by atoms with E-state index in [1.807, 2.05) is 73.6 Å². The van der Waals surface area contributed by atoms with Crippen molar-refractivity contribution in [3.8, 4) is 46.0 Å². The molecule has 2 saturated carbocycles. The fourth-order valence-corrected chi connectivity index (χ4v) is 14.8. The summed E-state index contributed by atoms with van der Waals surface area (Å²) in [6.45, 7) is 14.7. The Bertz CT molecular complexity index is 4670. The van der Waals surface area contributed by atoms with Crippen molar-refractivity contribution in [2.75, 3.05) is 0 Å². The van der Waals surface area contributed by atoms with Gasteiger partial charge in [0.25, 0.3) is 23.6 Å². The molecule has 0 saturated heterocycles. The molecule has 2 N–H and O–H groups in total. The second-order valence-corrected chi connectivity index (χ2v) is 26.6. The molecule has 96 heavy (non-hydrogen) atoms. The van der Waals surface area contributed by atoms with Gasteiger partial charge in [0, 0.05) is 55.2 Å². The number of imide groups is 2. The topological polar surface area (TPSA) is 170 Å². The molecule has 0 radical (unpaired) electrons. The number of carbonyl (C=O) groups excluding carboxylic acids is 6. The molecule has 13 rings (SSSR count). The largest absolute Gasteiger partial charge is 0.457 e. The summed E-state index contributed by atoms with van der Waals surface area (Å²) >= 11 is 0. The van der Waals surface area contributed by atoms with Gasteiger partial charge in [0.2, 0.25) is 11.8 Å². The Balaban J connectivity index is 1.21. The Morgan fingerprint density at radius 1 is 0.385 bits per heavy atom. The van der Waals surface area contributed by atoms with E-state index in [0.717, 1.165) is 57.3 Å². The first-order chi connectivity index (χ1) is 45.6. The summed E-state index contributed by atoms with van der Waals surface area (Å²) < 4.78 is 119. The number of nitrogens with zero attached hydrogens (tertiary/aromatic N) is 2. The normalized spacial score (nSPS) is 16.3. The molecule has 2 aliphatic heterocycles. The Morgan fingerprint density at radius 3 is 0.958 bits per heavy atom. The number of alkyl halides is 6. The Hall–Kier alpha value is -9.72. The van der Waals surface area contributed by atoms with Gasteiger partial charge in [-0.15, -0.1) is 0 Å². The third-order valence-electron chi connectivity index (χ3n) is 18.9. The van der Waals surface area contributed by atoms with E-state index in [-0.39, 0.29) is 111 Å². The van der Waals surface area contributed by atoms with E-state index in [0.29, 0.717) is 61.2 Å². The van der Waals surface area contributed by atoms with Gasteiger partial charge in [-0.3, -0.25) is 38.6 Å². The Morgan fingerprint density at radius 2 is 0.677 bits per heavy atom. The number of ether oxygens (including phenoxy) is 4. The minimum atomic E-state index is -5.09. The number of fused-ring (bicyclic) bond motifs is 2. The monoisotopic (exact) mass is 1310 g/mol. The zero-order valence-corrected chi connectivity index (χ0v) is 54.3. The number of amides is 6. The van der Waals surface area contributed by atoms with Crippen molar-refractivity contribution >= 4 is 78.5 Å². The maximum atomic E-state index is 16.0. The molecule has 9 aromatic rings. The highest BCUT2D eigenvalue weighted by Gasteiger charge is 2.50. The van der Waals surface area contributed by atoms with E-state index in [1.165, 1.54) is 24.3 Å². The number of benzene rings is 9. The predicted molar refractivity (Wildman–Crippen MR) is 352 cm³/mol. The number of carbonyl (C=O) groups is 6. The minimum absolute atomic E-state index is 0.0226. The van der Waals surface area contributed by atoms with Gasteiger partial charge in [0.05, 0.1) is 35.1 Å². The molecule has 9 aromatic carbocycles. The zero-order chi connectivity index (χ0) is 68.1.